The van der Waals surface area contributed by atoms with E-state index < -0.39 is 22.6 Å². The quantitative estimate of drug-likeness (QED) is 0.455. The molecule has 0 saturated heterocycles. The van der Waals surface area contributed by atoms with Gasteiger partial charge in [-0.15, -0.1) is 0 Å². The average Bonchev–Trinajstić information content (AvgIpc) is 2.76. The fourth-order valence-corrected chi connectivity index (χ4v) is 4.66. The number of carbonyl (C=O) groups excluding carboxylic acids is 2. The second kappa shape index (κ2) is 7.50. The zero-order valence-corrected chi connectivity index (χ0v) is 16.0. The number of amides is 2. The highest BCUT2D eigenvalue weighted by Crippen LogP contribution is 2.43. The van der Waals surface area contributed by atoms with E-state index in [4.69, 9.17) is 10.9 Å². The van der Waals surface area contributed by atoms with Gasteiger partial charge in [-0.2, -0.15) is 0 Å². The van der Waals surface area contributed by atoms with E-state index in [9.17, 15) is 13.8 Å². The number of nitrogens with two attached hydrogens (primary N) is 1. The van der Waals surface area contributed by atoms with Crippen LogP contribution in [0.5, 0.6) is 0 Å². The van der Waals surface area contributed by atoms with Crippen molar-refractivity contribution in [3.05, 3.63) is 83.4 Å². The Labute approximate surface area is 169 Å². The predicted octanol–water partition coefficient (Wildman–Crippen LogP) is 2.72. The predicted molar refractivity (Wildman–Crippen MR) is 108 cm³/mol. The summed E-state index contributed by atoms with van der Waals surface area (Å²) in [5.74, 6) is -1.15. The first-order chi connectivity index (χ1) is 14.0. The van der Waals surface area contributed by atoms with Crippen LogP contribution in [-0.4, -0.2) is 21.2 Å². The SMILES string of the molecule is NC(=O)c1ccc2c(c1)N(Cc1ccc(C(=O)NO)cc1)c1ccccc1S2=O. The molecule has 1 unspecified atom stereocenters. The largest absolute Gasteiger partial charge is 0.366 e. The van der Waals surface area contributed by atoms with Crippen molar-refractivity contribution in [2.45, 2.75) is 16.3 Å². The Bertz CT molecular complexity index is 1140. The molecule has 0 saturated carbocycles. The molecule has 3 aromatic rings. The van der Waals surface area contributed by atoms with Gasteiger partial charge in [-0.05, 0) is 48.0 Å². The molecule has 1 aliphatic rings. The summed E-state index contributed by atoms with van der Waals surface area (Å²) in [7, 11) is -1.38. The maximum Gasteiger partial charge on any atom is 0.274 e. The topological polar surface area (TPSA) is 113 Å². The molecule has 0 spiro atoms. The lowest BCUT2D eigenvalue weighted by molar-refractivity contribution is 0.0706. The number of hydrogen-bond acceptors (Lipinski definition) is 5. The lowest BCUT2D eigenvalue weighted by Crippen LogP contribution is -2.24. The summed E-state index contributed by atoms with van der Waals surface area (Å²) in [6, 6.07) is 19.0. The Balaban J connectivity index is 1.79. The number of carbonyl (C=O) groups is 2. The number of benzene rings is 3. The van der Waals surface area contributed by atoms with Crippen LogP contribution in [0.1, 0.15) is 26.3 Å². The van der Waals surface area contributed by atoms with E-state index in [1.165, 1.54) is 0 Å². The monoisotopic (exact) mass is 407 g/mol. The highest BCUT2D eigenvalue weighted by molar-refractivity contribution is 7.85. The van der Waals surface area contributed by atoms with Gasteiger partial charge >= 0.3 is 0 Å². The Morgan fingerprint density at radius 1 is 0.931 bits per heavy atom. The van der Waals surface area contributed by atoms with Gasteiger partial charge in [-0.25, -0.2) is 9.69 Å². The number of fused-ring (bicyclic) bond motifs is 2. The molecular weight excluding hydrogens is 390 g/mol. The standard InChI is InChI=1S/C21H17N3O4S/c22-20(25)15-9-10-19-17(11-15)24(16-3-1-2-4-18(16)29(19)28)12-13-5-7-14(8-6-13)21(26)23-27/h1-11,27H,12H2,(H2,22,25)(H,23,26). The summed E-state index contributed by atoms with van der Waals surface area (Å²) in [4.78, 5) is 26.5. The maximum absolute atomic E-state index is 13.0. The molecule has 4 N–H and O–H groups in total. The molecular formula is C21H17N3O4S. The van der Waals surface area contributed by atoms with E-state index in [1.54, 1.807) is 47.9 Å². The van der Waals surface area contributed by atoms with Crippen molar-refractivity contribution < 1.29 is 19.0 Å². The van der Waals surface area contributed by atoms with Crippen LogP contribution in [0.25, 0.3) is 0 Å². The molecule has 0 radical (unpaired) electrons. The zero-order chi connectivity index (χ0) is 20.5. The van der Waals surface area contributed by atoms with E-state index in [-0.39, 0.29) is 0 Å². The van der Waals surface area contributed by atoms with Crippen LogP contribution in [0, 0.1) is 0 Å². The highest BCUT2D eigenvalue weighted by Gasteiger charge is 2.28. The van der Waals surface area contributed by atoms with Crippen LogP contribution < -0.4 is 16.1 Å². The molecule has 0 aliphatic carbocycles. The van der Waals surface area contributed by atoms with Crippen LogP contribution in [0.4, 0.5) is 11.4 Å². The minimum absolute atomic E-state index is 0.327. The number of nitrogens with zero attached hydrogens (tertiary/aromatic N) is 1. The van der Waals surface area contributed by atoms with E-state index >= 15 is 0 Å². The molecule has 0 bridgehead atoms. The number of nitrogens with one attached hydrogen (secondary N) is 1. The van der Waals surface area contributed by atoms with Crippen LogP contribution >= 0.6 is 0 Å². The minimum atomic E-state index is -1.38. The number of primary amides is 1. The van der Waals surface area contributed by atoms with Gasteiger partial charge in [0.2, 0.25) is 5.91 Å². The van der Waals surface area contributed by atoms with Crippen molar-refractivity contribution in [3.8, 4) is 0 Å². The number of rotatable bonds is 4. The molecule has 0 fully saturated rings. The molecule has 0 aromatic heterocycles. The first-order valence-corrected chi connectivity index (χ1v) is 9.90. The molecule has 8 heteroatoms. The Morgan fingerprint density at radius 3 is 2.28 bits per heavy atom. The smallest absolute Gasteiger partial charge is 0.274 e. The maximum atomic E-state index is 13.0. The Hall–Kier alpha value is -3.49. The second-order valence-corrected chi connectivity index (χ2v) is 7.92. The molecule has 146 valence electrons. The van der Waals surface area contributed by atoms with E-state index in [0.717, 1.165) is 11.3 Å². The lowest BCUT2D eigenvalue weighted by atomic mass is 10.1. The van der Waals surface area contributed by atoms with Gasteiger partial charge < -0.3 is 10.6 Å². The summed E-state index contributed by atoms with van der Waals surface area (Å²) < 4.78 is 13.0. The third-order valence-corrected chi connectivity index (χ3v) is 6.24. The van der Waals surface area contributed by atoms with Gasteiger partial charge in [0.25, 0.3) is 5.91 Å². The summed E-state index contributed by atoms with van der Waals surface area (Å²) in [5.41, 5.74) is 10.0. The van der Waals surface area contributed by atoms with Crippen molar-refractivity contribution in [2.24, 2.45) is 5.73 Å². The molecule has 7 nitrogen and oxygen atoms in total. The fourth-order valence-electron chi connectivity index (χ4n) is 3.30. The minimum Gasteiger partial charge on any atom is -0.366 e. The summed E-state index contributed by atoms with van der Waals surface area (Å²) >= 11 is 0. The molecule has 2 amide bonds. The number of hydrogen-bond donors (Lipinski definition) is 3. The summed E-state index contributed by atoms with van der Waals surface area (Å²) in [6.45, 7) is 0.421. The van der Waals surface area contributed by atoms with Gasteiger partial charge in [0, 0.05) is 17.7 Å². The van der Waals surface area contributed by atoms with E-state index in [1.807, 2.05) is 29.2 Å². The van der Waals surface area contributed by atoms with Gasteiger partial charge in [0.15, 0.2) is 0 Å². The number of anilines is 2. The first-order valence-electron chi connectivity index (χ1n) is 8.75. The Kier molecular flexibility index (Phi) is 4.87. The molecule has 29 heavy (non-hydrogen) atoms. The van der Waals surface area contributed by atoms with Crippen LogP contribution in [0.2, 0.25) is 0 Å². The Morgan fingerprint density at radius 2 is 1.59 bits per heavy atom. The van der Waals surface area contributed by atoms with Crippen LogP contribution in [0.15, 0.2) is 76.5 Å². The molecule has 4 rings (SSSR count). The van der Waals surface area contributed by atoms with Gasteiger partial charge in [-0.1, -0.05) is 24.3 Å². The normalized spacial score (nSPS) is 14.7. The lowest BCUT2D eigenvalue weighted by Gasteiger charge is -2.33. The van der Waals surface area contributed by atoms with Crippen LogP contribution in [-0.2, 0) is 17.3 Å². The molecule has 1 atom stereocenters. The molecule has 3 aromatic carbocycles. The molecule has 1 aliphatic heterocycles. The number of hydroxylamine groups is 1. The summed E-state index contributed by atoms with van der Waals surface area (Å²) in [6.07, 6.45) is 0. The third-order valence-electron chi connectivity index (χ3n) is 4.75. The van der Waals surface area contributed by atoms with Crippen LogP contribution in [0.3, 0.4) is 0 Å². The zero-order valence-electron chi connectivity index (χ0n) is 15.2. The molecule has 1 heterocycles. The van der Waals surface area contributed by atoms with Crippen molar-refractivity contribution in [1.29, 1.82) is 0 Å². The van der Waals surface area contributed by atoms with Gasteiger partial charge in [0.05, 0.1) is 32.0 Å². The highest BCUT2D eigenvalue weighted by atomic mass is 32.2. The van der Waals surface area contributed by atoms with Gasteiger partial charge in [0.1, 0.15) is 0 Å². The average molecular weight is 407 g/mol. The number of para-hydroxylation sites is 1. The van der Waals surface area contributed by atoms with Gasteiger partial charge in [-0.3, -0.25) is 14.8 Å². The third kappa shape index (κ3) is 3.39. The second-order valence-electron chi connectivity index (χ2n) is 6.51. The van der Waals surface area contributed by atoms with Crippen molar-refractivity contribution in [1.82, 2.24) is 5.48 Å². The van der Waals surface area contributed by atoms with Crippen molar-refractivity contribution in [3.63, 3.8) is 0 Å². The van der Waals surface area contributed by atoms with E-state index in [2.05, 4.69) is 0 Å². The van der Waals surface area contributed by atoms with E-state index in [0.29, 0.717) is 33.2 Å². The fraction of sp³-hybridized carbons (Fsp3) is 0.0476. The van der Waals surface area contributed by atoms with Crippen molar-refractivity contribution in [2.75, 3.05) is 4.90 Å². The summed E-state index contributed by atoms with van der Waals surface area (Å²) in [5, 5.41) is 8.76. The van der Waals surface area contributed by atoms with Crippen molar-refractivity contribution >= 4 is 34.0 Å². The first kappa shape index (κ1) is 18.9.